The Kier molecular flexibility index (Phi) is 1.66. The molecule has 0 aromatic heterocycles. The third kappa shape index (κ3) is 0.956. The summed E-state index contributed by atoms with van der Waals surface area (Å²) in [5.41, 5.74) is 5.66. The van der Waals surface area contributed by atoms with E-state index >= 15 is 0 Å². The van der Waals surface area contributed by atoms with Crippen LogP contribution in [-0.4, -0.2) is 19.1 Å². The van der Waals surface area contributed by atoms with Crippen molar-refractivity contribution in [3.05, 3.63) is 0 Å². The third-order valence-corrected chi connectivity index (χ3v) is 3.11. The molecule has 3 unspecified atom stereocenters. The van der Waals surface area contributed by atoms with Crippen molar-refractivity contribution in [2.75, 3.05) is 13.1 Å². The molecule has 1 aliphatic heterocycles. The molecule has 2 bridgehead atoms. The summed E-state index contributed by atoms with van der Waals surface area (Å²) in [6.45, 7) is 2.13. The molecule has 1 aliphatic carbocycles. The van der Waals surface area contributed by atoms with Crippen molar-refractivity contribution in [3.63, 3.8) is 0 Å². The van der Waals surface area contributed by atoms with Gasteiger partial charge in [-0.1, -0.05) is 0 Å². The van der Waals surface area contributed by atoms with E-state index in [-0.39, 0.29) is 0 Å². The highest BCUT2D eigenvalue weighted by Crippen LogP contribution is 2.33. The Balaban J connectivity index is 2.00. The fraction of sp³-hybridized carbons (Fsp3) is 1.00. The van der Waals surface area contributed by atoms with Crippen LogP contribution in [0.3, 0.4) is 0 Å². The van der Waals surface area contributed by atoms with E-state index in [9.17, 15) is 0 Å². The molecule has 2 heteroatoms. The third-order valence-electron chi connectivity index (χ3n) is 3.11. The molecule has 0 amide bonds. The standard InChI is InChI=1S/C8H16N2/c9-4-6-1-2-8-3-7(6)5-10-8/h6-8,10H,1-5,9H2. The van der Waals surface area contributed by atoms with Gasteiger partial charge in [0.15, 0.2) is 0 Å². The van der Waals surface area contributed by atoms with Crippen LogP contribution >= 0.6 is 0 Å². The van der Waals surface area contributed by atoms with Crippen LogP contribution in [0.25, 0.3) is 0 Å². The van der Waals surface area contributed by atoms with Gasteiger partial charge in [-0.3, -0.25) is 0 Å². The predicted molar refractivity (Wildman–Crippen MR) is 41.7 cm³/mol. The Bertz CT molecular complexity index is 124. The van der Waals surface area contributed by atoms with Crippen LogP contribution in [0, 0.1) is 11.8 Å². The smallest absolute Gasteiger partial charge is 0.00705 e. The number of fused-ring (bicyclic) bond motifs is 2. The van der Waals surface area contributed by atoms with Gasteiger partial charge in [0.1, 0.15) is 0 Å². The molecule has 58 valence electrons. The second kappa shape index (κ2) is 2.51. The van der Waals surface area contributed by atoms with Gasteiger partial charge in [-0.25, -0.2) is 0 Å². The average molecular weight is 140 g/mol. The van der Waals surface area contributed by atoms with E-state index in [1.807, 2.05) is 0 Å². The summed E-state index contributed by atoms with van der Waals surface area (Å²) in [6.07, 6.45) is 4.11. The molecule has 1 saturated carbocycles. The zero-order valence-electron chi connectivity index (χ0n) is 6.34. The summed E-state index contributed by atoms with van der Waals surface area (Å²) >= 11 is 0. The first-order valence-electron chi connectivity index (χ1n) is 4.33. The number of hydrogen-bond donors (Lipinski definition) is 2. The average Bonchev–Trinajstić information content (AvgIpc) is 2.34. The molecule has 0 spiro atoms. The minimum absolute atomic E-state index is 0.825. The van der Waals surface area contributed by atoms with Crippen molar-refractivity contribution >= 4 is 0 Å². The Morgan fingerprint density at radius 2 is 2.30 bits per heavy atom. The van der Waals surface area contributed by atoms with Crippen LogP contribution in [0.1, 0.15) is 19.3 Å². The Morgan fingerprint density at radius 1 is 1.40 bits per heavy atom. The fourth-order valence-electron chi connectivity index (χ4n) is 2.39. The van der Waals surface area contributed by atoms with Crippen LogP contribution in [0.4, 0.5) is 0 Å². The number of hydrogen-bond acceptors (Lipinski definition) is 2. The van der Waals surface area contributed by atoms with Crippen LogP contribution < -0.4 is 11.1 Å². The first kappa shape index (κ1) is 6.62. The molecule has 3 N–H and O–H groups in total. The van der Waals surface area contributed by atoms with Gasteiger partial charge < -0.3 is 11.1 Å². The van der Waals surface area contributed by atoms with Gasteiger partial charge in [0.05, 0.1) is 0 Å². The molecule has 0 aromatic rings. The molecule has 1 saturated heterocycles. The van der Waals surface area contributed by atoms with Crippen molar-refractivity contribution in [3.8, 4) is 0 Å². The topological polar surface area (TPSA) is 38.0 Å². The maximum Gasteiger partial charge on any atom is 0.00705 e. The summed E-state index contributed by atoms with van der Waals surface area (Å²) in [4.78, 5) is 0. The minimum Gasteiger partial charge on any atom is -0.330 e. The summed E-state index contributed by atoms with van der Waals surface area (Å²) < 4.78 is 0. The van der Waals surface area contributed by atoms with Crippen LogP contribution in [0.15, 0.2) is 0 Å². The SMILES string of the molecule is NCC1CCC2CC1CN2. The van der Waals surface area contributed by atoms with Crippen LogP contribution in [0.2, 0.25) is 0 Å². The van der Waals surface area contributed by atoms with E-state index in [0.29, 0.717) is 0 Å². The lowest BCUT2D eigenvalue weighted by atomic mass is 9.80. The van der Waals surface area contributed by atoms with Crippen LogP contribution in [0.5, 0.6) is 0 Å². The number of nitrogens with two attached hydrogens (primary N) is 1. The maximum absolute atomic E-state index is 5.66. The zero-order valence-corrected chi connectivity index (χ0v) is 6.34. The Hall–Kier alpha value is -0.0800. The van der Waals surface area contributed by atoms with E-state index in [2.05, 4.69) is 5.32 Å². The summed E-state index contributed by atoms with van der Waals surface area (Å²) in [5.74, 6) is 1.73. The van der Waals surface area contributed by atoms with E-state index in [1.165, 1.54) is 25.8 Å². The van der Waals surface area contributed by atoms with Gasteiger partial charge in [-0.05, 0) is 44.2 Å². The lowest BCUT2D eigenvalue weighted by molar-refractivity contribution is 0.286. The molecule has 10 heavy (non-hydrogen) atoms. The second-order valence-electron chi connectivity index (χ2n) is 3.67. The first-order chi connectivity index (χ1) is 4.90. The lowest BCUT2D eigenvalue weighted by Crippen LogP contribution is -2.27. The molecule has 2 fully saturated rings. The fourth-order valence-corrected chi connectivity index (χ4v) is 2.39. The monoisotopic (exact) mass is 140 g/mol. The van der Waals surface area contributed by atoms with Crippen LogP contribution in [-0.2, 0) is 0 Å². The predicted octanol–water partition coefficient (Wildman–Crippen LogP) is 0.333. The Labute approximate surface area is 62.2 Å². The highest BCUT2D eigenvalue weighted by molar-refractivity contribution is 4.91. The summed E-state index contributed by atoms with van der Waals surface area (Å²) in [7, 11) is 0. The molecular weight excluding hydrogens is 124 g/mol. The molecule has 1 heterocycles. The molecule has 3 atom stereocenters. The lowest BCUT2D eigenvalue weighted by Gasteiger charge is -2.26. The van der Waals surface area contributed by atoms with Crippen molar-refractivity contribution in [1.82, 2.24) is 5.32 Å². The van der Waals surface area contributed by atoms with Gasteiger partial charge in [-0.15, -0.1) is 0 Å². The van der Waals surface area contributed by atoms with Gasteiger partial charge in [0.2, 0.25) is 0 Å². The Morgan fingerprint density at radius 3 is 3.10 bits per heavy atom. The van der Waals surface area contributed by atoms with Gasteiger partial charge >= 0.3 is 0 Å². The number of nitrogens with one attached hydrogen (secondary N) is 1. The van der Waals surface area contributed by atoms with Gasteiger partial charge in [-0.2, -0.15) is 0 Å². The highest BCUT2D eigenvalue weighted by Gasteiger charge is 2.34. The minimum atomic E-state index is 0.825. The molecule has 0 aromatic carbocycles. The number of rotatable bonds is 1. The molecule has 2 rings (SSSR count). The zero-order chi connectivity index (χ0) is 6.97. The van der Waals surface area contributed by atoms with E-state index < -0.39 is 0 Å². The van der Waals surface area contributed by atoms with E-state index in [0.717, 1.165) is 24.4 Å². The normalized spacial score (nSPS) is 45.9. The summed E-state index contributed by atoms with van der Waals surface area (Å²) in [6, 6.07) is 0.841. The first-order valence-corrected chi connectivity index (χ1v) is 4.33. The van der Waals surface area contributed by atoms with Gasteiger partial charge in [0, 0.05) is 6.04 Å². The molecule has 0 radical (unpaired) electrons. The van der Waals surface area contributed by atoms with E-state index in [1.54, 1.807) is 0 Å². The second-order valence-corrected chi connectivity index (χ2v) is 3.67. The molecule has 2 nitrogen and oxygen atoms in total. The molecular formula is C8H16N2. The highest BCUT2D eigenvalue weighted by atomic mass is 15.0. The van der Waals surface area contributed by atoms with Gasteiger partial charge in [0.25, 0.3) is 0 Å². The van der Waals surface area contributed by atoms with Crippen molar-refractivity contribution in [1.29, 1.82) is 0 Å². The molecule has 2 aliphatic rings. The van der Waals surface area contributed by atoms with Crippen molar-refractivity contribution in [2.24, 2.45) is 17.6 Å². The summed E-state index contributed by atoms with van der Waals surface area (Å²) in [5, 5.41) is 3.53. The quantitative estimate of drug-likeness (QED) is 0.551. The van der Waals surface area contributed by atoms with E-state index in [4.69, 9.17) is 5.73 Å². The largest absolute Gasteiger partial charge is 0.330 e. The van der Waals surface area contributed by atoms with Crippen molar-refractivity contribution in [2.45, 2.75) is 25.3 Å². The van der Waals surface area contributed by atoms with Crippen molar-refractivity contribution < 1.29 is 0 Å². The maximum atomic E-state index is 5.66.